The molecule has 1 aliphatic rings. The van der Waals surface area contributed by atoms with E-state index in [0.717, 1.165) is 6.07 Å². The molecule has 10 nitrogen and oxygen atoms in total. The van der Waals surface area contributed by atoms with Crippen molar-refractivity contribution in [3.8, 4) is 5.75 Å². The van der Waals surface area contributed by atoms with Gasteiger partial charge < -0.3 is 15.0 Å². The molecule has 1 saturated heterocycles. The van der Waals surface area contributed by atoms with Gasteiger partial charge in [0.05, 0.1) is 16.9 Å². The van der Waals surface area contributed by atoms with Gasteiger partial charge in [-0.15, -0.1) is 0 Å². The monoisotopic (exact) mass is 466 g/mol. The van der Waals surface area contributed by atoms with E-state index >= 15 is 0 Å². The minimum absolute atomic E-state index is 0.0183. The number of hydrogen-bond acceptors (Lipinski definition) is 7. The third-order valence-corrected chi connectivity index (χ3v) is 6.97. The molecule has 0 atom stereocenters. The summed E-state index contributed by atoms with van der Waals surface area (Å²) < 4.78 is 45.2. The van der Waals surface area contributed by atoms with Crippen molar-refractivity contribution in [2.75, 3.05) is 45.2 Å². The Morgan fingerprint density at radius 1 is 1.19 bits per heavy atom. The minimum Gasteiger partial charge on any atom is -0.490 e. The van der Waals surface area contributed by atoms with E-state index in [4.69, 9.17) is 4.74 Å². The number of benzene rings is 2. The van der Waals surface area contributed by atoms with E-state index in [1.54, 1.807) is 6.07 Å². The van der Waals surface area contributed by atoms with Crippen molar-refractivity contribution in [1.29, 1.82) is 0 Å². The first-order valence-corrected chi connectivity index (χ1v) is 11.2. The highest BCUT2D eigenvalue weighted by atomic mass is 32.2. The van der Waals surface area contributed by atoms with E-state index in [-0.39, 0.29) is 36.1 Å². The first-order valence-electron chi connectivity index (χ1n) is 9.81. The maximum absolute atomic E-state index is 13.2. The Balaban J connectivity index is 1.55. The molecule has 3 rings (SSSR count). The van der Waals surface area contributed by atoms with Gasteiger partial charge in [0.2, 0.25) is 15.9 Å². The summed E-state index contributed by atoms with van der Waals surface area (Å²) in [7, 11) is -2.64. The van der Waals surface area contributed by atoms with Crippen LogP contribution in [0.15, 0.2) is 47.4 Å². The minimum atomic E-state index is -3.91. The second-order valence-electron chi connectivity index (χ2n) is 7.15. The summed E-state index contributed by atoms with van der Waals surface area (Å²) in [6.07, 6.45) is 0.175. The largest absolute Gasteiger partial charge is 0.490 e. The summed E-state index contributed by atoms with van der Waals surface area (Å²) in [6.45, 7) is 1.61. The number of hydrogen-bond donors (Lipinski definition) is 1. The van der Waals surface area contributed by atoms with Crippen LogP contribution in [0.5, 0.6) is 5.75 Å². The molecule has 0 saturated carbocycles. The molecule has 0 aromatic heterocycles. The average molecular weight is 466 g/mol. The van der Waals surface area contributed by atoms with E-state index in [1.165, 1.54) is 41.7 Å². The van der Waals surface area contributed by atoms with Crippen molar-refractivity contribution in [1.82, 2.24) is 9.21 Å². The smallest absolute Gasteiger partial charge is 0.312 e. The molecule has 0 bridgehead atoms. The summed E-state index contributed by atoms with van der Waals surface area (Å²) in [4.78, 5) is 24.4. The van der Waals surface area contributed by atoms with Crippen molar-refractivity contribution >= 4 is 27.3 Å². The predicted octanol–water partition coefficient (Wildman–Crippen LogP) is 2.08. The highest BCUT2D eigenvalue weighted by molar-refractivity contribution is 7.89. The van der Waals surface area contributed by atoms with Crippen LogP contribution >= 0.6 is 0 Å². The zero-order chi connectivity index (χ0) is 23.3. The van der Waals surface area contributed by atoms with E-state index in [1.807, 2.05) is 4.90 Å². The summed E-state index contributed by atoms with van der Waals surface area (Å²) in [5, 5.41) is 13.8. The Morgan fingerprint density at radius 2 is 1.91 bits per heavy atom. The molecule has 0 unspecified atom stereocenters. The molecule has 1 fully saturated rings. The number of methoxy groups -OCH3 is 1. The second-order valence-corrected chi connectivity index (χ2v) is 9.08. The van der Waals surface area contributed by atoms with Gasteiger partial charge in [-0.05, 0) is 30.3 Å². The van der Waals surface area contributed by atoms with E-state index in [9.17, 15) is 27.7 Å². The van der Waals surface area contributed by atoms with Crippen LogP contribution in [0, 0.1) is 15.9 Å². The Hall–Kier alpha value is -3.09. The molecule has 0 radical (unpaired) electrons. The summed E-state index contributed by atoms with van der Waals surface area (Å²) in [5.41, 5.74) is -0.0454. The fraction of sp³-hybridized carbons (Fsp3) is 0.350. The number of rotatable bonds is 8. The number of nitrogens with one attached hydrogen (secondary N) is 1. The molecule has 172 valence electrons. The number of piperazine rings is 1. The molecule has 1 amide bonds. The number of anilines is 1. The number of sulfonamides is 1. The van der Waals surface area contributed by atoms with Crippen molar-refractivity contribution in [2.45, 2.75) is 11.3 Å². The Kier molecular flexibility index (Phi) is 7.38. The van der Waals surface area contributed by atoms with Gasteiger partial charge in [0.15, 0.2) is 5.75 Å². The van der Waals surface area contributed by atoms with Crippen LogP contribution in [0.2, 0.25) is 0 Å². The van der Waals surface area contributed by atoms with Gasteiger partial charge in [0, 0.05) is 50.9 Å². The summed E-state index contributed by atoms with van der Waals surface area (Å²) >= 11 is 0. The van der Waals surface area contributed by atoms with Crippen molar-refractivity contribution < 1.29 is 27.3 Å². The van der Waals surface area contributed by atoms with Crippen LogP contribution in [0.4, 0.5) is 15.8 Å². The molecule has 0 spiro atoms. The fourth-order valence-corrected chi connectivity index (χ4v) is 4.81. The van der Waals surface area contributed by atoms with Crippen molar-refractivity contribution in [2.24, 2.45) is 0 Å². The van der Waals surface area contributed by atoms with Crippen LogP contribution in [0.1, 0.15) is 6.42 Å². The Labute approximate surface area is 184 Å². The molecular formula is C20H23FN4O6S. The molecule has 1 aliphatic heterocycles. The molecule has 1 heterocycles. The van der Waals surface area contributed by atoms with E-state index in [2.05, 4.69) is 5.32 Å². The number of nitro groups is 1. The zero-order valence-corrected chi connectivity index (χ0v) is 18.2. The zero-order valence-electron chi connectivity index (χ0n) is 17.4. The lowest BCUT2D eigenvalue weighted by Gasteiger charge is -2.33. The van der Waals surface area contributed by atoms with E-state index < -0.39 is 26.5 Å². The number of amides is 1. The summed E-state index contributed by atoms with van der Waals surface area (Å²) in [6, 6.07) is 9.15. The maximum atomic E-state index is 13.2. The van der Waals surface area contributed by atoms with Crippen LogP contribution < -0.4 is 10.1 Å². The number of carbonyl (C=O) groups is 1. The third kappa shape index (κ3) is 5.58. The van der Waals surface area contributed by atoms with E-state index in [0.29, 0.717) is 25.3 Å². The molecule has 0 aliphatic carbocycles. The van der Waals surface area contributed by atoms with Gasteiger partial charge in [0.1, 0.15) is 5.82 Å². The Morgan fingerprint density at radius 3 is 2.53 bits per heavy atom. The summed E-state index contributed by atoms with van der Waals surface area (Å²) in [5.74, 6) is -0.728. The van der Waals surface area contributed by atoms with Crippen LogP contribution in [-0.2, 0) is 14.8 Å². The molecule has 12 heteroatoms. The van der Waals surface area contributed by atoms with Crippen molar-refractivity contribution in [3.05, 3.63) is 58.4 Å². The number of ether oxygens (including phenoxy) is 1. The highest BCUT2D eigenvalue weighted by Crippen LogP contribution is 2.30. The third-order valence-electron chi connectivity index (χ3n) is 5.08. The highest BCUT2D eigenvalue weighted by Gasteiger charge is 2.30. The molecule has 1 N–H and O–H groups in total. The first-order chi connectivity index (χ1) is 15.2. The molecule has 2 aromatic rings. The topological polar surface area (TPSA) is 122 Å². The van der Waals surface area contributed by atoms with Gasteiger partial charge in [0.25, 0.3) is 0 Å². The first kappa shape index (κ1) is 23.6. The average Bonchev–Trinajstić information content (AvgIpc) is 2.77. The maximum Gasteiger partial charge on any atom is 0.312 e. The second kappa shape index (κ2) is 10.0. The molecular weight excluding hydrogens is 443 g/mol. The molecule has 32 heavy (non-hydrogen) atoms. The number of nitrogens with zero attached hydrogens (tertiary/aromatic N) is 3. The van der Waals surface area contributed by atoms with Crippen LogP contribution in [0.25, 0.3) is 0 Å². The number of carbonyl (C=O) groups excluding carboxylic acids is 1. The van der Waals surface area contributed by atoms with Gasteiger partial charge in [-0.25, -0.2) is 12.8 Å². The molecule has 2 aromatic carbocycles. The van der Waals surface area contributed by atoms with Crippen LogP contribution in [-0.4, -0.2) is 68.3 Å². The SMILES string of the molecule is COc1ccc(S(=O)(=O)N2CCN(CCC(=O)Nc3cccc(F)c3)CC2)cc1[N+](=O)[O-]. The lowest BCUT2D eigenvalue weighted by molar-refractivity contribution is -0.386. The van der Waals surface area contributed by atoms with Crippen LogP contribution in [0.3, 0.4) is 0 Å². The van der Waals surface area contributed by atoms with Crippen molar-refractivity contribution in [3.63, 3.8) is 0 Å². The van der Waals surface area contributed by atoms with Gasteiger partial charge in [-0.1, -0.05) is 6.07 Å². The normalized spacial score (nSPS) is 15.3. The van der Waals surface area contributed by atoms with Gasteiger partial charge in [-0.3, -0.25) is 14.9 Å². The lowest BCUT2D eigenvalue weighted by Crippen LogP contribution is -2.49. The quantitative estimate of drug-likeness (QED) is 0.467. The Bertz CT molecular complexity index is 1100. The lowest BCUT2D eigenvalue weighted by atomic mass is 10.2. The number of halogens is 1. The fourth-order valence-electron chi connectivity index (χ4n) is 3.36. The van der Waals surface area contributed by atoms with Gasteiger partial charge >= 0.3 is 5.69 Å². The standard InChI is InChI=1S/C20H23FN4O6S/c1-31-19-6-5-17(14-18(19)25(27)28)32(29,30)24-11-9-23(10-12-24)8-7-20(26)22-16-4-2-3-15(21)13-16/h2-6,13-14H,7-12H2,1H3,(H,22,26). The predicted molar refractivity (Wildman–Crippen MR) is 114 cm³/mol. The number of nitro benzene ring substituents is 1. The van der Waals surface area contributed by atoms with Gasteiger partial charge in [-0.2, -0.15) is 4.31 Å².